The minimum atomic E-state index is 0.173. The highest BCUT2D eigenvalue weighted by atomic mass is 16.5. The van der Waals surface area contributed by atoms with E-state index in [1.165, 1.54) is 0 Å². The van der Waals surface area contributed by atoms with Gasteiger partial charge in [0, 0.05) is 25.4 Å². The molecule has 14 heavy (non-hydrogen) atoms. The van der Waals surface area contributed by atoms with E-state index < -0.39 is 0 Å². The average molecular weight is 201 g/mol. The van der Waals surface area contributed by atoms with E-state index in [2.05, 4.69) is 19.2 Å². The quantitative estimate of drug-likeness (QED) is 0.662. The van der Waals surface area contributed by atoms with E-state index in [1.807, 2.05) is 6.92 Å². The number of hydrogen-bond acceptors (Lipinski definition) is 3. The summed E-state index contributed by atoms with van der Waals surface area (Å²) in [5.41, 5.74) is 0.173. The Morgan fingerprint density at radius 1 is 1.57 bits per heavy atom. The summed E-state index contributed by atoms with van der Waals surface area (Å²) >= 11 is 0. The lowest BCUT2D eigenvalue weighted by molar-refractivity contribution is 0.0864. The molecule has 3 nitrogen and oxygen atoms in total. The molecule has 2 atom stereocenters. The van der Waals surface area contributed by atoms with E-state index in [1.54, 1.807) is 0 Å². The van der Waals surface area contributed by atoms with E-state index in [0.717, 1.165) is 39.2 Å². The third-order valence-electron chi connectivity index (χ3n) is 3.08. The minimum Gasteiger partial charge on any atom is -0.382 e. The fraction of sp³-hybridized carbons (Fsp3) is 1.00. The molecule has 1 aliphatic rings. The van der Waals surface area contributed by atoms with Crippen LogP contribution >= 0.6 is 0 Å². The molecule has 84 valence electrons. The van der Waals surface area contributed by atoms with Crippen molar-refractivity contribution in [3.05, 3.63) is 0 Å². The fourth-order valence-corrected chi connectivity index (χ4v) is 1.76. The van der Waals surface area contributed by atoms with Gasteiger partial charge in [0.15, 0.2) is 0 Å². The van der Waals surface area contributed by atoms with E-state index in [0.29, 0.717) is 6.10 Å². The zero-order valence-corrected chi connectivity index (χ0v) is 9.64. The molecular weight excluding hydrogens is 178 g/mol. The SMILES string of the molecule is CCOCCCNC1(C)CCOC1C. The van der Waals surface area contributed by atoms with Gasteiger partial charge >= 0.3 is 0 Å². The van der Waals surface area contributed by atoms with Crippen molar-refractivity contribution < 1.29 is 9.47 Å². The summed E-state index contributed by atoms with van der Waals surface area (Å²) in [6.07, 6.45) is 2.52. The largest absolute Gasteiger partial charge is 0.382 e. The molecule has 1 fully saturated rings. The second-order valence-electron chi connectivity index (χ2n) is 4.16. The van der Waals surface area contributed by atoms with Crippen molar-refractivity contribution >= 4 is 0 Å². The third-order valence-corrected chi connectivity index (χ3v) is 3.08. The summed E-state index contributed by atoms with van der Waals surface area (Å²) in [5.74, 6) is 0. The van der Waals surface area contributed by atoms with Gasteiger partial charge in [0.2, 0.25) is 0 Å². The normalized spacial score (nSPS) is 32.4. The van der Waals surface area contributed by atoms with Crippen molar-refractivity contribution in [2.24, 2.45) is 0 Å². The highest BCUT2D eigenvalue weighted by molar-refractivity contribution is 4.93. The lowest BCUT2D eigenvalue weighted by atomic mass is 9.95. The Morgan fingerprint density at radius 2 is 2.36 bits per heavy atom. The molecular formula is C11H23NO2. The van der Waals surface area contributed by atoms with E-state index in [-0.39, 0.29) is 5.54 Å². The van der Waals surface area contributed by atoms with Crippen LogP contribution in [-0.4, -0.2) is 38.0 Å². The second kappa shape index (κ2) is 5.69. The minimum absolute atomic E-state index is 0.173. The van der Waals surface area contributed by atoms with Gasteiger partial charge in [-0.3, -0.25) is 0 Å². The second-order valence-corrected chi connectivity index (χ2v) is 4.16. The molecule has 1 aliphatic heterocycles. The molecule has 0 aliphatic carbocycles. The van der Waals surface area contributed by atoms with Crippen molar-refractivity contribution in [3.8, 4) is 0 Å². The summed E-state index contributed by atoms with van der Waals surface area (Å²) in [6.45, 7) is 9.99. The summed E-state index contributed by atoms with van der Waals surface area (Å²) in [7, 11) is 0. The Morgan fingerprint density at radius 3 is 2.93 bits per heavy atom. The van der Waals surface area contributed by atoms with E-state index >= 15 is 0 Å². The predicted molar refractivity (Wildman–Crippen MR) is 57.5 cm³/mol. The van der Waals surface area contributed by atoms with Gasteiger partial charge in [0.25, 0.3) is 0 Å². The zero-order chi connectivity index (χ0) is 10.4. The lowest BCUT2D eigenvalue weighted by Gasteiger charge is -2.29. The fourth-order valence-electron chi connectivity index (χ4n) is 1.76. The highest BCUT2D eigenvalue weighted by Crippen LogP contribution is 2.24. The monoisotopic (exact) mass is 201 g/mol. The molecule has 0 aromatic carbocycles. The first kappa shape index (κ1) is 12.0. The highest BCUT2D eigenvalue weighted by Gasteiger charge is 2.35. The summed E-state index contributed by atoms with van der Waals surface area (Å²) in [5, 5.41) is 3.56. The molecule has 0 aromatic rings. The van der Waals surface area contributed by atoms with Gasteiger partial charge in [-0.05, 0) is 40.2 Å². The van der Waals surface area contributed by atoms with Crippen molar-refractivity contribution in [2.75, 3.05) is 26.4 Å². The predicted octanol–water partition coefficient (Wildman–Crippen LogP) is 1.57. The summed E-state index contributed by atoms with van der Waals surface area (Å²) in [6, 6.07) is 0. The van der Waals surface area contributed by atoms with E-state index in [4.69, 9.17) is 9.47 Å². The van der Waals surface area contributed by atoms with Crippen LogP contribution in [0.1, 0.15) is 33.6 Å². The molecule has 2 unspecified atom stereocenters. The van der Waals surface area contributed by atoms with Gasteiger partial charge in [0.1, 0.15) is 0 Å². The first-order valence-electron chi connectivity index (χ1n) is 5.63. The van der Waals surface area contributed by atoms with Crippen molar-refractivity contribution in [1.82, 2.24) is 5.32 Å². The Kier molecular flexibility index (Phi) is 4.85. The molecule has 0 spiro atoms. The molecule has 1 saturated heterocycles. The molecule has 1 heterocycles. The Bertz CT molecular complexity index is 163. The standard InChI is InChI=1S/C11H23NO2/c1-4-13-8-5-7-12-11(3)6-9-14-10(11)2/h10,12H,4-9H2,1-3H3. The van der Waals surface area contributed by atoms with Crippen LogP contribution in [0.4, 0.5) is 0 Å². The number of nitrogens with one attached hydrogen (secondary N) is 1. The molecule has 0 amide bonds. The topological polar surface area (TPSA) is 30.5 Å². The van der Waals surface area contributed by atoms with Gasteiger partial charge in [-0.25, -0.2) is 0 Å². The molecule has 0 saturated carbocycles. The van der Waals surface area contributed by atoms with Crippen LogP contribution in [0.2, 0.25) is 0 Å². The van der Waals surface area contributed by atoms with Crippen LogP contribution in [-0.2, 0) is 9.47 Å². The summed E-state index contributed by atoms with van der Waals surface area (Å²) < 4.78 is 10.8. The molecule has 3 heteroatoms. The van der Waals surface area contributed by atoms with Crippen molar-refractivity contribution in [2.45, 2.75) is 45.3 Å². The Balaban J connectivity index is 2.10. The Labute approximate surface area is 87.2 Å². The van der Waals surface area contributed by atoms with Crippen LogP contribution in [0.3, 0.4) is 0 Å². The molecule has 0 bridgehead atoms. The maximum absolute atomic E-state index is 5.55. The lowest BCUT2D eigenvalue weighted by Crippen LogP contribution is -2.48. The first-order chi connectivity index (χ1) is 6.69. The van der Waals surface area contributed by atoms with Crippen molar-refractivity contribution in [1.29, 1.82) is 0 Å². The zero-order valence-electron chi connectivity index (χ0n) is 9.64. The first-order valence-corrected chi connectivity index (χ1v) is 5.63. The van der Waals surface area contributed by atoms with Gasteiger partial charge in [-0.15, -0.1) is 0 Å². The van der Waals surface area contributed by atoms with Crippen LogP contribution in [0.25, 0.3) is 0 Å². The van der Waals surface area contributed by atoms with Gasteiger partial charge in [-0.1, -0.05) is 0 Å². The van der Waals surface area contributed by atoms with E-state index in [9.17, 15) is 0 Å². The molecule has 1 N–H and O–H groups in total. The maximum Gasteiger partial charge on any atom is 0.0726 e. The average Bonchev–Trinajstić information content (AvgIpc) is 2.47. The van der Waals surface area contributed by atoms with Gasteiger partial charge in [-0.2, -0.15) is 0 Å². The van der Waals surface area contributed by atoms with Gasteiger partial charge in [0.05, 0.1) is 6.10 Å². The number of ether oxygens (including phenoxy) is 2. The molecule has 0 radical (unpaired) electrons. The third kappa shape index (κ3) is 3.23. The smallest absolute Gasteiger partial charge is 0.0726 e. The summed E-state index contributed by atoms with van der Waals surface area (Å²) in [4.78, 5) is 0. The van der Waals surface area contributed by atoms with Gasteiger partial charge < -0.3 is 14.8 Å². The number of hydrogen-bond donors (Lipinski definition) is 1. The Hall–Kier alpha value is -0.120. The molecule has 0 aromatic heterocycles. The molecule has 1 rings (SSSR count). The van der Waals surface area contributed by atoms with Crippen LogP contribution in [0.5, 0.6) is 0 Å². The van der Waals surface area contributed by atoms with Crippen LogP contribution in [0.15, 0.2) is 0 Å². The van der Waals surface area contributed by atoms with Crippen LogP contribution < -0.4 is 5.32 Å². The van der Waals surface area contributed by atoms with Crippen molar-refractivity contribution in [3.63, 3.8) is 0 Å². The van der Waals surface area contributed by atoms with Crippen LogP contribution in [0, 0.1) is 0 Å². The maximum atomic E-state index is 5.55. The number of rotatable bonds is 6.